The summed E-state index contributed by atoms with van der Waals surface area (Å²) in [5.74, 6) is 7.78. The van der Waals surface area contributed by atoms with E-state index in [0.717, 1.165) is 11.1 Å². The van der Waals surface area contributed by atoms with Crippen LogP contribution in [0.25, 0.3) is 0 Å². The third-order valence-corrected chi connectivity index (χ3v) is 1.68. The molecule has 1 heteroatoms. The summed E-state index contributed by atoms with van der Waals surface area (Å²) in [7, 11) is 0. The molecule has 1 aromatic carbocycles. The number of terminal acetylenes is 1. The number of benzene rings is 1. The highest BCUT2D eigenvalue weighted by Gasteiger charge is 1.97. The number of rotatable bonds is 1. The standard InChI is InChI=1S/C12H10O/c1-3-4-5-6-11-8-7-10(2)9-12(11)13/h1,7-9,13H,6H2,2H3. The van der Waals surface area contributed by atoms with E-state index in [2.05, 4.69) is 17.8 Å². The van der Waals surface area contributed by atoms with Crippen molar-refractivity contribution >= 4 is 0 Å². The first kappa shape index (κ1) is 9.23. The third-order valence-electron chi connectivity index (χ3n) is 1.68. The van der Waals surface area contributed by atoms with Crippen LogP contribution < -0.4 is 0 Å². The molecule has 0 bridgehead atoms. The molecule has 0 radical (unpaired) electrons. The van der Waals surface area contributed by atoms with Crippen molar-refractivity contribution in [3.63, 3.8) is 0 Å². The van der Waals surface area contributed by atoms with E-state index in [1.54, 1.807) is 6.07 Å². The first-order valence-electron chi connectivity index (χ1n) is 3.96. The molecule has 0 atom stereocenters. The second-order valence-corrected chi connectivity index (χ2v) is 2.76. The fourth-order valence-corrected chi connectivity index (χ4v) is 1.01. The van der Waals surface area contributed by atoms with E-state index < -0.39 is 0 Å². The monoisotopic (exact) mass is 170 g/mol. The molecular weight excluding hydrogens is 160 g/mol. The molecular formula is C12H10O. The molecule has 0 amide bonds. The lowest BCUT2D eigenvalue weighted by Crippen LogP contribution is -1.83. The Hall–Kier alpha value is -1.86. The molecule has 0 heterocycles. The molecule has 13 heavy (non-hydrogen) atoms. The van der Waals surface area contributed by atoms with E-state index in [4.69, 9.17) is 6.42 Å². The first-order chi connectivity index (χ1) is 6.24. The SMILES string of the molecule is C#CC#CCc1ccc(C)cc1O. The smallest absolute Gasteiger partial charge is 0.120 e. The fraction of sp³-hybridized carbons (Fsp3) is 0.167. The van der Waals surface area contributed by atoms with Crippen molar-refractivity contribution in [2.75, 3.05) is 0 Å². The summed E-state index contributed by atoms with van der Waals surface area (Å²) in [4.78, 5) is 0. The number of aryl methyl sites for hydroxylation is 1. The van der Waals surface area contributed by atoms with Gasteiger partial charge in [0, 0.05) is 12.0 Å². The van der Waals surface area contributed by atoms with Gasteiger partial charge in [-0.15, -0.1) is 6.42 Å². The lowest BCUT2D eigenvalue weighted by molar-refractivity contribution is 0.469. The van der Waals surface area contributed by atoms with Crippen LogP contribution in [0, 0.1) is 31.1 Å². The molecule has 1 aromatic rings. The maximum absolute atomic E-state index is 9.47. The zero-order valence-corrected chi connectivity index (χ0v) is 7.46. The van der Waals surface area contributed by atoms with Crippen molar-refractivity contribution in [1.29, 1.82) is 0 Å². The van der Waals surface area contributed by atoms with Crippen LogP contribution in [0.1, 0.15) is 11.1 Å². The van der Waals surface area contributed by atoms with E-state index in [1.807, 2.05) is 19.1 Å². The molecule has 0 saturated heterocycles. The summed E-state index contributed by atoms with van der Waals surface area (Å²) in [5.41, 5.74) is 1.85. The predicted octanol–water partition coefficient (Wildman–Crippen LogP) is 1.88. The highest BCUT2D eigenvalue weighted by molar-refractivity contribution is 5.39. The average molecular weight is 170 g/mol. The lowest BCUT2D eigenvalue weighted by atomic mass is 10.1. The molecule has 64 valence electrons. The Morgan fingerprint density at radius 2 is 2.23 bits per heavy atom. The maximum Gasteiger partial charge on any atom is 0.120 e. The van der Waals surface area contributed by atoms with Gasteiger partial charge in [-0.1, -0.05) is 18.1 Å². The summed E-state index contributed by atoms with van der Waals surface area (Å²) in [6.45, 7) is 1.93. The molecule has 1 N–H and O–H groups in total. The molecule has 1 nitrogen and oxygen atoms in total. The Bertz CT molecular complexity index is 399. The number of phenolic OH excluding ortho intramolecular Hbond substituents is 1. The molecule has 0 unspecified atom stereocenters. The van der Waals surface area contributed by atoms with Crippen molar-refractivity contribution < 1.29 is 5.11 Å². The van der Waals surface area contributed by atoms with E-state index >= 15 is 0 Å². The summed E-state index contributed by atoms with van der Waals surface area (Å²) < 4.78 is 0. The van der Waals surface area contributed by atoms with E-state index in [0.29, 0.717) is 6.42 Å². The van der Waals surface area contributed by atoms with Crippen molar-refractivity contribution in [1.82, 2.24) is 0 Å². The Morgan fingerprint density at radius 1 is 1.46 bits per heavy atom. The maximum atomic E-state index is 9.47. The van der Waals surface area contributed by atoms with Crippen LogP contribution in [0.3, 0.4) is 0 Å². The van der Waals surface area contributed by atoms with Crippen molar-refractivity contribution in [2.45, 2.75) is 13.3 Å². The Kier molecular flexibility index (Phi) is 3.01. The molecule has 0 aliphatic heterocycles. The summed E-state index contributed by atoms with van der Waals surface area (Å²) in [6.07, 6.45) is 5.47. The van der Waals surface area contributed by atoms with Gasteiger partial charge in [0.25, 0.3) is 0 Å². The van der Waals surface area contributed by atoms with Crippen LogP contribution in [-0.4, -0.2) is 5.11 Å². The fourth-order valence-electron chi connectivity index (χ4n) is 1.01. The summed E-state index contributed by atoms with van der Waals surface area (Å²) >= 11 is 0. The molecule has 0 aliphatic rings. The van der Waals surface area contributed by atoms with Crippen LogP contribution in [0.5, 0.6) is 5.75 Å². The van der Waals surface area contributed by atoms with Gasteiger partial charge in [-0.05, 0) is 30.4 Å². The van der Waals surface area contributed by atoms with E-state index in [-0.39, 0.29) is 5.75 Å². The van der Waals surface area contributed by atoms with Crippen molar-refractivity contribution in [2.24, 2.45) is 0 Å². The summed E-state index contributed by atoms with van der Waals surface area (Å²) in [6, 6.07) is 5.51. The average Bonchev–Trinajstić information content (AvgIpc) is 2.09. The van der Waals surface area contributed by atoms with Gasteiger partial charge >= 0.3 is 0 Å². The zero-order chi connectivity index (χ0) is 9.68. The van der Waals surface area contributed by atoms with Crippen LogP contribution in [0.15, 0.2) is 18.2 Å². The van der Waals surface area contributed by atoms with Gasteiger partial charge < -0.3 is 5.11 Å². The minimum atomic E-state index is 0.284. The van der Waals surface area contributed by atoms with E-state index in [9.17, 15) is 5.11 Å². The van der Waals surface area contributed by atoms with Gasteiger partial charge in [0.1, 0.15) is 5.75 Å². The molecule has 0 fully saturated rings. The Labute approximate surface area is 78.4 Å². The normalized spacial score (nSPS) is 8.31. The third kappa shape index (κ3) is 2.58. The topological polar surface area (TPSA) is 20.2 Å². The molecule has 1 rings (SSSR count). The molecule has 0 aromatic heterocycles. The van der Waals surface area contributed by atoms with Crippen molar-refractivity contribution in [3.05, 3.63) is 29.3 Å². The highest BCUT2D eigenvalue weighted by atomic mass is 16.3. The van der Waals surface area contributed by atoms with Gasteiger partial charge in [0.05, 0.1) is 0 Å². The second kappa shape index (κ2) is 4.24. The quantitative estimate of drug-likeness (QED) is 0.638. The highest BCUT2D eigenvalue weighted by Crippen LogP contribution is 2.18. The lowest BCUT2D eigenvalue weighted by Gasteiger charge is -2.00. The van der Waals surface area contributed by atoms with Gasteiger partial charge in [-0.25, -0.2) is 0 Å². The molecule has 0 aliphatic carbocycles. The minimum absolute atomic E-state index is 0.284. The van der Waals surface area contributed by atoms with Gasteiger partial charge in [-0.2, -0.15) is 0 Å². The van der Waals surface area contributed by atoms with E-state index in [1.165, 1.54) is 0 Å². The van der Waals surface area contributed by atoms with Crippen LogP contribution in [0.2, 0.25) is 0 Å². The molecule has 0 saturated carbocycles. The number of hydrogen-bond acceptors (Lipinski definition) is 1. The van der Waals surface area contributed by atoms with Crippen LogP contribution in [-0.2, 0) is 6.42 Å². The van der Waals surface area contributed by atoms with Crippen LogP contribution in [0.4, 0.5) is 0 Å². The van der Waals surface area contributed by atoms with Gasteiger partial charge in [0.15, 0.2) is 0 Å². The van der Waals surface area contributed by atoms with Crippen LogP contribution >= 0.6 is 0 Å². The second-order valence-electron chi connectivity index (χ2n) is 2.76. The Balaban J connectivity index is 2.85. The van der Waals surface area contributed by atoms with Gasteiger partial charge in [-0.3, -0.25) is 0 Å². The first-order valence-corrected chi connectivity index (χ1v) is 3.96. The van der Waals surface area contributed by atoms with Gasteiger partial charge in [0.2, 0.25) is 0 Å². The number of aromatic hydroxyl groups is 1. The van der Waals surface area contributed by atoms with Crippen molar-refractivity contribution in [3.8, 4) is 29.9 Å². The number of hydrogen-bond donors (Lipinski definition) is 1. The largest absolute Gasteiger partial charge is 0.508 e. The summed E-state index contributed by atoms with van der Waals surface area (Å²) in [5, 5.41) is 9.47. The number of phenols is 1. The Morgan fingerprint density at radius 3 is 2.85 bits per heavy atom. The minimum Gasteiger partial charge on any atom is -0.508 e. The predicted molar refractivity (Wildman–Crippen MR) is 53.2 cm³/mol. The molecule has 0 spiro atoms. The zero-order valence-electron chi connectivity index (χ0n) is 7.46.